The third kappa shape index (κ3) is 1.95. The van der Waals surface area contributed by atoms with Crippen LogP contribution in [0.2, 0.25) is 0 Å². The van der Waals surface area contributed by atoms with Gasteiger partial charge >= 0.3 is 0 Å². The van der Waals surface area contributed by atoms with Gasteiger partial charge in [-0.2, -0.15) is 0 Å². The first kappa shape index (κ1) is 13.3. The lowest BCUT2D eigenvalue weighted by atomic mass is 9.93. The Morgan fingerprint density at radius 3 is 3.09 bits per heavy atom. The highest BCUT2D eigenvalue weighted by molar-refractivity contribution is 5.85. The summed E-state index contributed by atoms with van der Waals surface area (Å²) in [5.41, 5.74) is 6.20. The van der Waals surface area contributed by atoms with Gasteiger partial charge in [0.2, 0.25) is 0 Å². The molecule has 5 rings (SSSR count). The standard InChI is InChI=1S/C19H19N3O/c23-18-11-22-8-6-14-13-3-1-2-4-16(13)21-19(14)17(22)9-12-5-7-20-10-15(12)18/h1-5,7,10,17-18,21,23H,6,8-9,11H2. The Morgan fingerprint density at radius 1 is 1.22 bits per heavy atom. The van der Waals surface area contributed by atoms with Gasteiger partial charge in [0, 0.05) is 47.6 Å². The Balaban J connectivity index is 1.66. The first-order chi connectivity index (χ1) is 11.3. The number of rotatable bonds is 0. The molecule has 2 unspecified atom stereocenters. The number of aromatic amines is 1. The van der Waals surface area contributed by atoms with Gasteiger partial charge in [-0.3, -0.25) is 9.88 Å². The number of aromatic nitrogens is 2. The molecule has 4 heteroatoms. The summed E-state index contributed by atoms with van der Waals surface area (Å²) in [5, 5.41) is 11.9. The van der Waals surface area contributed by atoms with E-state index >= 15 is 0 Å². The zero-order valence-corrected chi connectivity index (χ0v) is 12.9. The molecule has 4 nitrogen and oxygen atoms in total. The second-order valence-corrected chi connectivity index (χ2v) is 6.62. The molecule has 0 saturated carbocycles. The summed E-state index contributed by atoms with van der Waals surface area (Å²) < 4.78 is 0. The van der Waals surface area contributed by atoms with Crippen molar-refractivity contribution in [2.24, 2.45) is 0 Å². The van der Waals surface area contributed by atoms with E-state index in [1.165, 1.54) is 27.7 Å². The number of benzene rings is 1. The van der Waals surface area contributed by atoms with Gasteiger partial charge in [-0.25, -0.2) is 0 Å². The molecule has 2 N–H and O–H groups in total. The smallest absolute Gasteiger partial charge is 0.0934 e. The maximum atomic E-state index is 10.6. The molecule has 0 radical (unpaired) electrons. The zero-order valence-electron chi connectivity index (χ0n) is 12.9. The highest BCUT2D eigenvalue weighted by Crippen LogP contribution is 2.39. The Kier molecular flexibility index (Phi) is 2.84. The first-order valence-electron chi connectivity index (χ1n) is 8.25. The van der Waals surface area contributed by atoms with E-state index in [9.17, 15) is 5.11 Å². The fraction of sp³-hybridized carbons (Fsp3) is 0.316. The molecule has 1 aromatic carbocycles. The second-order valence-electron chi connectivity index (χ2n) is 6.62. The lowest BCUT2D eigenvalue weighted by Gasteiger charge is -2.35. The molecule has 4 heterocycles. The average molecular weight is 305 g/mol. The van der Waals surface area contributed by atoms with Crippen LogP contribution in [0.1, 0.15) is 34.5 Å². The fourth-order valence-corrected chi connectivity index (χ4v) is 4.27. The minimum absolute atomic E-state index is 0.310. The maximum absolute atomic E-state index is 10.6. The third-order valence-corrected chi connectivity index (χ3v) is 5.40. The predicted octanol–water partition coefficient (Wildman–Crippen LogP) is 2.75. The zero-order chi connectivity index (χ0) is 15.4. The van der Waals surface area contributed by atoms with Gasteiger partial charge in [0.15, 0.2) is 0 Å². The van der Waals surface area contributed by atoms with Crippen LogP contribution in [0.3, 0.4) is 0 Å². The monoisotopic (exact) mass is 305 g/mol. The molecular weight excluding hydrogens is 286 g/mol. The summed E-state index contributed by atoms with van der Waals surface area (Å²) in [6, 6.07) is 10.9. The van der Waals surface area contributed by atoms with Crippen molar-refractivity contribution in [2.75, 3.05) is 13.1 Å². The quantitative estimate of drug-likeness (QED) is 0.671. The summed E-state index contributed by atoms with van der Waals surface area (Å²) in [4.78, 5) is 10.3. The topological polar surface area (TPSA) is 52.1 Å². The van der Waals surface area contributed by atoms with E-state index in [4.69, 9.17) is 0 Å². The molecule has 2 aliphatic heterocycles. The molecule has 0 bridgehead atoms. The summed E-state index contributed by atoms with van der Waals surface area (Å²) >= 11 is 0. The van der Waals surface area contributed by atoms with Crippen molar-refractivity contribution >= 4 is 10.9 Å². The van der Waals surface area contributed by atoms with Crippen LogP contribution < -0.4 is 0 Å². The normalized spacial score (nSPS) is 23.9. The van der Waals surface area contributed by atoms with Gasteiger partial charge in [-0.1, -0.05) is 18.2 Å². The second kappa shape index (κ2) is 4.91. The highest BCUT2D eigenvalue weighted by Gasteiger charge is 2.35. The van der Waals surface area contributed by atoms with Crippen LogP contribution in [-0.4, -0.2) is 33.1 Å². The van der Waals surface area contributed by atoms with E-state index in [-0.39, 0.29) is 0 Å². The largest absolute Gasteiger partial charge is 0.387 e. The minimum atomic E-state index is -0.449. The third-order valence-electron chi connectivity index (χ3n) is 5.40. The van der Waals surface area contributed by atoms with E-state index < -0.39 is 6.10 Å². The van der Waals surface area contributed by atoms with Crippen molar-refractivity contribution in [2.45, 2.75) is 25.0 Å². The van der Waals surface area contributed by atoms with E-state index in [1.807, 2.05) is 12.4 Å². The molecule has 3 aromatic rings. The van der Waals surface area contributed by atoms with Crippen LogP contribution in [0, 0.1) is 0 Å². The molecule has 0 aliphatic carbocycles. The molecule has 23 heavy (non-hydrogen) atoms. The van der Waals surface area contributed by atoms with Crippen LogP contribution in [0.4, 0.5) is 0 Å². The molecule has 0 saturated heterocycles. The fourth-order valence-electron chi connectivity index (χ4n) is 4.27. The van der Waals surface area contributed by atoms with Gasteiger partial charge in [0.1, 0.15) is 0 Å². The van der Waals surface area contributed by atoms with Crippen molar-refractivity contribution < 1.29 is 5.11 Å². The maximum Gasteiger partial charge on any atom is 0.0934 e. The first-order valence-corrected chi connectivity index (χ1v) is 8.25. The Hall–Kier alpha value is -2.17. The SMILES string of the molecule is OC1CN2CCc3c([nH]c4ccccc34)C2Cc2ccncc21. The molecule has 2 aliphatic rings. The number of hydrogen-bond donors (Lipinski definition) is 2. The van der Waals surface area contributed by atoms with Gasteiger partial charge in [-0.05, 0) is 36.1 Å². The lowest BCUT2D eigenvalue weighted by molar-refractivity contribution is 0.0890. The molecule has 116 valence electrons. The molecule has 0 spiro atoms. The lowest BCUT2D eigenvalue weighted by Crippen LogP contribution is -2.37. The minimum Gasteiger partial charge on any atom is -0.387 e. The summed E-state index contributed by atoms with van der Waals surface area (Å²) in [6.45, 7) is 1.68. The number of H-pyrrole nitrogens is 1. The van der Waals surface area contributed by atoms with Gasteiger partial charge < -0.3 is 10.1 Å². The van der Waals surface area contributed by atoms with Gasteiger partial charge in [-0.15, -0.1) is 0 Å². The molecule has 2 atom stereocenters. The van der Waals surface area contributed by atoms with Crippen molar-refractivity contribution in [3.63, 3.8) is 0 Å². The Labute approximate surface area is 134 Å². The van der Waals surface area contributed by atoms with Crippen LogP contribution >= 0.6 is 0 Å². The Morgan fingerprint density at radius 2 is 2.13 bits per heavy atom. The Bertz CT molecular complexity index is 885. The van der Waals surface area contributed by atoms with Crippen molar-refractivity contribution in [1.29, 1.82) is 0 Å². The number of aliphatic hydroxyl groups is 1. The number of nitrogens with zero attached hydrogens (tertiary/aromatic N) is 2. The van der Waals surface area contributed by atoms with Crippen LogP contribution in [-0.2, 0) is 12.8 Å². The summed E-state index contributed by atoms with van der Waals surface area (Å²) in [7, 11) is 0. The van der Waals surface area contributed by atoms with E-state index in [2.05, 4.69) is 45.2 Å². The predicted molar refractivity (Wildman–Crippen MR) is 89.2 cm³/mol. The number of pyridine rings is 1. The summed E-state index contributed by atoms with van der Waals surface area (Å²) in [6.07, 6.45) is 5.17. The molecule has 0 amide bonds. The average Bonchev–Trinajstić information content (AvgIpc) is 2.89. The molecule has 2 aromatic heterocycles. The van der Waals surface area contributed by atoms with E-state index in [0.29, 0.717) is 12.6 Å². The van der Waals surface area contributed by atoms with Crippen LogP contribution in [0.5, 0.6) is 0 Å². The number of fused-ring (bicyclic) bond motifs is 6. The van der Waals surface area contributed by atoms with Gasteiger partial charge in [0.25, 0.3) is 0 Å². The van der Waals surface area contributed by atoms with E-state index in [0.717, 1.165) is 24.9 Å². The van der Waals surface area contributed by atoms with Crippen molar-refractivity contribution in [3.05, 3.63) is 65.1 Å². The molecular formula is C19H19N3O. The number of hydrogen-bond acceptors (Lipinski definition) is 3. The van der Waals surface area contributed by atoms with Crippen LogP contribution in [0.15, 0.2) is 42.7 Å². The number of aliphatic hydroxyl groups excluding tert-OH is 1. The van der Waals surface area contributed by atoms with Gasteiger partial charge in [0.05, 0.1) is 12.1 Å². The number of nitrogens with one attached hydrogen (secondary N) is 1. The number of para-hydroxylation sites is 1. The summed E-state index contributed by atoms with van der Waals surface area (Å²) in [5.74, 6) is 0. The highest BCUT2D eigenvalue weighted by atomic mass is 16.3. The van der Waals surface area contributed by atoms with E-state index in [1.54, 1.807) is 0 Å². The molecule has 0 fully saturated rings. The van der Waals surface area contributed by atoms with Crippen LogP contribution in [0.25, 0.3) is 10.9 Å². The van der Waals surface area contributed by atoms with Crippen molar-refractivity contribution in [1.82, 2.24) is 14.9 Å². The van der Waals surface area contributed by atoms with Crippen molar-refractivity contribution in [3.8, 4) is 0 Å².